The Balaban J connectivity index is 1.67. The average Bonchev–Trinajstić information content (AvgIpc) is 2.88. The normalized spacial score (nSPS) is 11.8. The molecule has 0 unspecified atom stereocenters. The number of benzene rings is 1. The van der Waals surface area contributed by atoms with E-state index in [0.29, 0.717) is 0 Å². The lowest BCUT2D eigenvalue weighted by Crippen LogP contribution is -2.22. The number of aromatic nitrogens is 2. The van der Waals surface area contributed by atoms with Crippen LogP contribution in [-0.4, -0.2) is 22.1 Å². The Hall–Kier alpha value is -1.26. The van der Waals surface area contributed by atoms with Gasteiger partial charge in [-0.1, -0.05) is 18.2 Å². The zero-order valence-electron chi connectivity index (χ0n) is 12.5. The van der Waals surface area contributed by atoms with Crippen molar-refractivity contribution in [2.24, 2.45) is 0 Å². The molecule has 1 N–H and O–H groups in total. The van der Waals surface area contributed by atoms with Crippen LogP contribution in [0.1, 0.15) is 26.3 Å². The third-order valence-electron chi connectivity index (χ3n) is 2.94. The molecular formula is C16H23N3S. The highest BCUT2D eigenvalue weighted by Crippen LogP contribution is 2.16. The molecule has 2 aromatic rings. The number of nitrogens with one attached hydrogen (secondary N) is 1. The van der Waals surface area contributed by atoms with Crippen molar-refractivity contribution in [3.05, 3.63) is 48.3 Å². The van der Waals surface area contributed by atoms with Gasteiger partial charge in [0.15, 0.2) is 0 Å². The average molecular weight is 289 g/mol. The molecule has 0 aliphatic carbocycles. The molecule has 0 radical (unpaired) electrons. The van der Waals surface area contributed by atoms with Gasteiger partial charge in [-0.2, -0.15) is 5.10 Å². The van der Waals surface area contributed by atoms with Crippen LogP contribution in [-0.2, 0) is 12.1 Å². The predicted molar refractivity (Wildman–Crippen MR) is 86.1 cm³/mol. The summed E-state index contributed by atoms with van der Waals surface area (Å²) in [4.78, 5) is 1.33. The van der Waals surface area contributed by atoms with Crippen LogP contribution in [0.2, 0.25) is 0 Å². The molecule has 0 saturated carbocycles. The van der Waals surface area contributed by atoms with Crippen molar-refractivity contribution < 1.29 is 0 Å². The van der Waals surface area contributed by atoms with Gasteiger partial charge < -0.3 is 5.32 Å². The van der Waals surface area contributed by atoms with Gasteiger partial charge in [-0.3, -0.25) is 4.68 Å². The zero-order chi connectivity index (χ0) is 14.4. The lowest BCUT2D eigenvalue weighted by atomic mass is 10.1. The highest BCUT2D eigenvalue weighted by molar-refractivity contribution is 7.99. The molecule has 0 saturated heterocycles. The third kappa shape index (κ3) is 4.69. The maximum Gasteiger partial charge on any atom is 0.0543 e. The van der Waals surface area contributed by atoms with Gasteiger partial charge in [-0.15, -0.1) is 11.8 Å². The van der Waals surface area contributed by atoms with Gasteiger partial charge in [0, 0.05) is 35.5 Å². The van der Waals surface area contributed by atoms with E-state index >= 15 is 0 Å². The number of nitrogens with zero attached hydrogens (tertiary/aromatic N) is 2. The molecule has 20 heavy (non-hydrogen) atoms. The molecule has 1 aromatic carbocycles. The van der Waals surface area contributed by atoms with Crippen LogP contribution in [0.25, 0.3) is 0 Å². The van der Waals surface area contributed by atoms with Crippen LogP contribution in [0.4, 0.5) is 0 Å². The van der Waals surface area contributed by atoms with E-state index < -0.39 is 0 Å². The zero-order valence-corrected chi connectivity index (χ0v) is 13.3. The van der Waals surface area contributed by atoms with Crippen LogP contribution >= 0.6 is 11.8 Å². The van der Waals surface area contributed by atoms with Crippen LogP contribution in [0.3, 0.4) is 0 Å². The second-order valence-electron chi connectivity index (χ2n) is 5.80. The standard InChI is InChI=1S/C16H23N3S/c1-16(2,3)19-13-14(12-18-19)11-17-9-10-20-15-7-5-4-6-8-15/h4-8,12-13,17H,9-11H2,1-3H3. The second-order valence-corrected chi connectivity index (χ2v) is 6.97. The molecule has 0 amide bonds. The first-order valence-electron chi connectivity index (χ1n) is 6.98. The smallest absolute Gasteiger partial charge is 0.0543 e. The van der Waals surface area contributed by atoms with E-state index in [9.17, 15) is 0 Å². The predicted octanol–water partition coefficient (Wildman–Crippen LogP) is 3.52. The minimum atomic E-state index is 0.0570. The third-order valence-corrected chi connectivity index (χ3v) is 3.96. The van der Waals surface area contributed by atoms with Crippen molar-refractivity contribution >= 4 is 11.8 Å². The largest absolute Gasteiger partial charge is 0.312 e. The van der Waals surface area contributed by atoms with E-state index in [4.69, 9.17) is 0 Å². The minimum absolute atomic E-state index is 0.0570. The Bertz CT molecular complexity index is 514. The van der Waals surface area contributed by atoms with Gasteiger partial charge in [0.25, 0.3) is 0 Å². The quantitative estimate of drug-likeness (QED) is 0.652. The van der Waals surface area contributed by atoms with E-state index in [1.54, 1.807) is 0 Å². The molecule has 4 heteroatoms. The van der Waals surface area contributed by atoms with Crippen LogP contribution < -0.4 is 5.32 Å². The molecule has 0 aliphatic heterocycles. The summed E-state index contributed by atoms with van der Waals surface area (Å²) in [5.74, 6) is 1.08. The molecular weight excluding hydrogens is 266 g/mol. The van der Waals surface area contributed by atoms with E-state index in [1.165, 1.54) is 10.5 Å². The van der Waals surface area contributed by atoms with E-state index in [-0.39, 0.29) is 5.54 Å². The van der Waals surface area contributed by atoms with Gasteiger partial charge in [-0.25, -0.2) is 0 Å². The fourth-order valence-corrected chi connectivity index (χ4v) is 2.64. The highest BCUT2D eigenvalue weighted by Gasteiger charge is 2.13. The molecule has 108 valence electrons. The SMILES string of the molecule is CC(C)(C)n1cc(CNCCSc2ccccc2)cn1. The van der Waals surface area contributed by atoms with Gasteiger partial charge in [0.1, 0.15) is 0 Å². The Kier molecular flexibility index (Phi) is 5.26. The first-order valence-corrected chi connectivity index (χ1v) is 7.97. The summed E-state index contributed by atoms with van der Waals surface area (Å²) < 4.78 is 2.02. The summed E-state index contributed by atoms with van der Waals surface area (Å²) in [5, 5.41) is 7.87. The van der Waals surface area contributed by atoms with Crippen LogP contribution in [0.15, 0.2) is 47.6 Å². The molecule has 3 nitrogen and oxygen atoms in total. The van der Waals surface area contributed by atoms with Gasteiger partial charge in [0.05, 0.1) is 11.7 Å². The molecule has 0 bridgehead atoms. The lowest BCUT2D eigenvalue weighted by Gasteiger charge is -2.18. The molecule has 2 rings (SSSR count). The van der Waals surface area contributed by atoms with Crippen molar-refractivity contribution in [3.8, 4) is 0 Å². The first kappa shape index (κ1) is 15.1. The number of thioether (sulfide) groups is 1. The Morgan fingerprint density at radius 1 is 1.20 bits per heavy atom. The Labute approximate surface area is 125 Å². The summed E-state index contributed by atoms with van der Waals surface area (Å²) in [6.45, 7) is 8.36. The van der Waals surface area contributed by atoms with Crippen LogP contribution in [0, 0.1) is 0 Å². The monoisotopic (exact) mass is 289 g/mol. The highest BCUT2D eigenvalue weighted by atomic mass is 32.2. The molecule has 0 atom stereocenters. The maximum absolute atomic E-state index is 4.41. The van der Waals surface area contributed by atoms with Crippen LogP contribution in [0.5, 0.6) is 0 Å². The first-order chi connectivity index (χ1) is 9.55. The molecule has 0 spiro atoms. The molecule has 0 fully saturated rings. The number of rotatable bonds is 6. The lowest BCUT2D eigenvalue weighted by molar-refractivity contribution is 0.355. The van der Waals surface area contributed by atoms with E-state index in [1.807, 2.05) is 22.6 Å². The second kappa shape index (κ2) is 6.95. The van der Waals surface area contributed by atoms with Gasteiger partial charge in [0.2, 0.25) is 0 Å². The van der Waals surface area contributed by atoms with Crippen molar-refractivity contribution in [2.45, 2.75) is 37.8 Å². The van der Waals surface area contributed by atoms with Gasteiger partial charge >= 0.3 is 0 Å². The summed E-state index contributed by atoms with van der Waals surface area (Å²) in [7, 11) is 0. The maximum atomic E-state index is 4.41. The molecule has 1 heterocycles. The van der Waals surface area contributed by atoms with E-state index in [0.717, 1.165) is 18.8 Å². The topological polar surface area (TPSA) is 29.9 Å². The Morgan fingerprint density at radius 3 is 2.60 bits per heavy atom. The number of hydrogen-bond acceptors (Lipinski definition) is 3. The van der Waals surface area contributed by atoms with Crippen molar-refractivity contribution in [2.75, 3.05) is 12.3 Å². The van der Waals surface area contributed by atoms with Gasteiger partial charge in [-0.05, 0) is 32.9 Å². The van der Waals surface area contributed by atoms with Crippen molar-refractivity contribution in [1.29, 1.82) is 0 Å². The Morgan fingerprint density at radius 2 is 1.95 bits per heavy atom. The molecule has 0 aliphatic rings. The fourth-order valence-electron chi connectivity index (χ4n) is 1.81. The van der Waals surface area contributed by atoms with Crippen molar-refractivity contribution in [1.82, 2.24) is 15.1 Å². The summed E-state index contributed by atoms with van der Waals surface area (Å²) in [6, 6.07) is 10.5. The fraction of sp³-hybridized carbons (Fsp3) is 0.438. The summed E-state index contributed by atoms with van der Waals surface area (Å²) in [6.07, 6.45) is 4.07. The summed E-state index contributed by atoms with van der Waals surface area (Å²) in [5.41, 5.74) is 1.30. The number of hydrogen-bond donors (Lipinski definition) is 1. The molecule has 1 aromatic heterocycles. The van der Waals surface area contributed by atoms with Crippen molar-refractivity contribution in [3.63, 3.8) is 0 Å². The minimum Gasteiger partial charge on any atom is -0.312 e. The summed E-state index contributed by atoms with van der Waals surface area (Å²) >= 11 is 1.88. The van der Waals surface area contributed by atoms with E-state index in [2.05, 4.69) is 67.7 Å².